The lowest BCUT2D eigenvalue weighted by atomic mass is 9.96. The number of nitrogens with one attached hydrogen (secondary N) is 1. The Bertz CT molecular complexity index is 840. The lowest BCUT2D eigenvalue weighted by Crippen LogP contribution is -2.46. The molecule has 1 aromatic heterocycles. The summed E-state index contributed by atoms with van der Waals surface area (Å²) >= 11 is 0. The minimum absolute atomic E-state index is 0.0386. The number of rotatable bonds is 8. The van der Waals surface area contributed by atoms with Crippen molar-refractivity contribution in [2.24, 2.45) is 5.41 Å². The number of imidazole rings is 1. The zero-order valence-electron chi connectivity index (χ0n) is 19.0. The number of carbonyl (C=O) groups is 2. The molecule has 1 heterocycles. The topological polar surface area (TPSA) is 67.2 Å². The highest BCUT2D eigenvalue weighted by atomic mass is 16.2. The second-order valence-electron chi connectivity index (χ2n) is 8.85. The van der Waals surface area contributed by atoms with Crippen LogP contribution < -0.4 is 5.32 Å². The van der Waals surface area contributed by atoms with E-state index in [1.54, 1.807) is 0 Å². The quantitative estimate of drug-likeness (QED) is 0.725. The molecule has 2 amide bonds. The summed E-state index contributed by atoms with van der Waals surface area (Å²) in [7, 11) is 0. The molecule has 2 atom stereocenters. The molecular formula is C23H36N4O2. The predicted molar refractivity (Wildman–Crippen MR) is 117 cm³/mol. The number of benzene rings is 1. The third-order valence-electron chi connectivity index (χ3n) is 5.53. The van der Waals surface area contributed by atoms with Crippen LogP contribution in [0.5, 0.6) is 0 Å². The van der Waals surface area contributed by atoms with E-state index in [1.807, 2.05) is 54.5 Å². The predicted octanol–water partition coefficient (Wildman–Crippen LogP) is 4.12. The van der Waals surface area contributed by atoms with Crippen molar-refractivity contribution in [2.45, 2.75) is 86.5 Å². The van der Waals surface area contributed by atoms with Gasteiger partial charge in [-0.15, -0.1) is 0 Å². The zero-order chi connectivity index (χ0) is 21.8. The van der Waals surface area contributed by atoms with E-state index < -0.39 is 5.41 Å². The molecule has 0 aliphatic rings. The summed E-state index contributed by atoms with van der Waals surface area (Å²) in [6, 6.07) is 8.15. The number of carbonyl (C=O) groups excluding carboxylic acids is 2. The highest BCUT2D eigenvalue weighted by molar-refractivity contribution is 5.83. The average molecular weight is 401 g/mol. The van der Waals surface area contributed by atoms with Crippen molar-refractivity contribution in [2.75, 3.05) is 0 Å². The molecule has 2 aromatic rings. The third kappa shape index (κ3) is 5.37. The minimum atomic E-state index is -0.476. The number of para-hydroxylation sites is 2. The van der Waals surface area contributed by atoms with E-state index in [0.29, 0.717) is 12.4 Å². The Morgan fingerprint density at radius 2 is 1.69 bits per heavy atom. The van der Waals surface area contributed by atoms with Crippen LogP contribution in [0.4, 0.5) is 0 Å². The highest BCUT2D eigenvalue weighted by Gasteiger charge is 2.26. The second kappa shape index (κ2) is 9.42. The minimum Gasteiger partial charge on any atom is -0.348 e. The van der Waals surface area contributed by atoms with E-state index in [2.05, 4.69) is 38.0 Å². The molecule has 0 aliphatic heterocycles. The first-order valence-electron chi connectivity index (χ1n) is 10.6. The molecule has 0 saturated carbocycles. The summed E-state index contributed by atoms with van der Waals surface area (Å²) in [6.45, 7) is 14.6. The Morgan fingerprint density at radius 1 is 1.10 bits per heavy atom. The summed E-state index contributed by atoms with van der Waals surface area (Å²) in [6.07, 6.45) is 1.82. The molecule has 1 aromatic carbocycles. The van der Waals surface area contributed by atoms with Crippen LogP contribution in [0.25, 0.3) is 11.0 Å². The number of amides is 2. The molecule has 2 rings (SSSR count). The maximum Gasteiger partial charge on any atom is 0.243 e. The van der Waals surface area contributed by atoms with Gasteiger partial charge in [0.15, 0.2) is 0 Å². The Balaban J connectivity index is 2.35. The molecule has 1 N–H and O–H groups in total. The van der Waals surface area contributed by atoms with Crippen LogP contribution in [0.2, 0.25) is 0 Å². The number of hydrogen-bond acceptors (Lipinski definition) is 3. The van der Waals surface area contributed by atoms with Gasteiger partial charge in [0, 0.05) is 17.5 Å². The summed E-state index contributed by atoms with van der Waals surface area (Å²) in [4.78, 5) is 32.3. The van der Waals surface area contributed by atoms with Crippen LogP contribution in [0.15, 0.2) is 24.3 Å². The average Bonchev–Trinajstić information content (AvgIpc) is 3.02. The second-order valence-corrected chi connectivity index (χ2v) is 8.85. The summed E-state index contributed by atoms with van der Waals surface area (Å²) in [5.41, 5.74) is 1.27. The summed E-state index contributed by atoms with van der Waals surface area (Å²) in [5, 5.41) is 2.96. The Hall–Kier alpha value is -2.37. The van der Waals surface area contributed by atoms with Gasteiger partial charge in [0.05, 0.1) is 17.6 Å². The molecule has 0 radical (unpaired) electrons. The van der Waals surface area contributed by atoms with Crippen LogP contribution in [0, 0.1) is 5.41 Å². The van der Waals surface area contributed by atoms with Crippen molar-refractivity contribution in [1.82, 2.24) is 19.8 Å². The van der Waals surface area contributed by atoms with Gasteiger partial charge in [-0.2, -0.15) is 0 Å². The van der Waals surface area contributed by atoms with Gasteiger partial charge < -0.3 is 14.8 Å². The standard InChI is InChI=1S/C23H36N4O2/c1-8-16(3)27(17(4)9-2)21(28)15-26-19-13-11-10-12-18(19)25-20(26)14-24-22(29)23(5,6)7/h10-13,16-17H,8-9,14-15H2,1-7H3,(H,24,29). The van der Waals surface area contributed by atoms with Gasteiger partial charge in [0.25, 0.3) is 0 Å². The molecule has 6 heteroatoms. The van der Waals surface area contributed by atoms with Crippen molar-refractivity contribution >= 4 is 22.8 Å². The smallest absolute Gasteiger partial charge is 0.243 e. The fourth-order valence-corrected chi connectivity index (χ4v) is 3.40. The van der Waals surface area contributed by atoms with Gasteiger partial charge in [-0.3, -0.25) is 9.59 Å². The Morgan fingerprint density at radius 3 is 2.24 bits per heavy atom. The van der Waals surface area contributed by atoms with Crippen molar-refractivity contribution in [1.29, 1.82) is 0 Å². The van der Waals surface area contributed by atoms with Gasteiger partial charge in [-0.1, -0.05) is 46.8 Å². The largest absolute Gasteiger partial charge is 0.348 e. The highest BCUT2D eigenvalue weighted by Crippen LogP contribution is 2.19. The van der Waals surface area contributed by atoms with E-state index in [1.165, 1.54) is 0 Å². The van der Waals surface area contributed by atoms with Crippen LogP contribution in [0.3, 0.4) is 0 Å². The molecule has 2 unspecified atom stereocenters. The maximum absolute atomic E-state index is 13.3. The van der Waals surface area contributed by atoms with E-state index in [4.69, 9.17) is 0 Å². The van der Waals surface area contributed by atoms with Gasteiger partial charge in [0.2, 0.25) is 11.8 Å². The Labute approximate surface area is 174 Å². The van der Waals surface area contributed by atoms with Gasteiger partial charge in [0.1, 0.15) is 12.4 Å². The van der Waals surface area contributed by atoms with Crippen LogP contribution in [-0.4, -0.2) is 38.3 Å². The Kier molecular flexibility index (Phi) is 7.44. The number of aromatic nitrogens is 2. The van der Waals surface area contributed by atoms with E-state index in [-0.39, 0.29) is 30.4 Å². The van der Waals surface area contributed by atoms with Crippen molar-refractivity contribution in [3.8, 4) is 0 Å². The molecule has 0 saturated heterocycles. The molecule has 0 fully saturated rings. The zero-order valence-corrected chi connectivity index (χ0v) is 19.0. The number of fused-ring (bicyclic) bond motifs is 1. The van der Waals surface area contributed by atoms with Crippen LogP contribution >= 0.6 is 0 Å². The monoisotopic (exact) mass is 400 g/mol. The normalized spacial score (nSPS) is 13.9. The van der Waals surface area contributed by atoms with Crippen LogP contribution in [0.1, 0.15) is 67.1 Å². The van der Waals surface area contributed by atoms with Crippen LogP contribution in [-0.2, 0) is 22.7 Å². The summed E-state index contributed by atoms with van der Waals surface area (Å²) in [5.74, 6) is 0.744. The fourth-order valence-electron chi connectivity index (χ4n) is 3.40. The first-order valence-corrected chi connectivity index (χ1v) is 10.6. The molecular weight excluding hydrogens is 364 g/mol. The number of nitrogens with zero attached hydrogens (tertiary/aromatic N) is 3. The number of hydrogen-bond donors (Lipinski definition) is 1. The molecule has 0 bridgehead atoms. The van der Waals surface area contributed by atoms with E-state index >= 15 is 0 Å². The molecule has 160 valence electrons. The lowest BCUT2D eigenvalue weighted by molar-refractivity contribution is -0.136. The SMILES string of the molecule is CCC(C)N(C(=O)Cn1c(CNC(=O)C(C)(C)C)nc2ccccc21)C(C)CC. The molecule has 6 nitrogen and oxygen atoms in total. The molecule has 0 aliphatic carbocycles. The van der Waals surface area contributed by atoms with Crippen molar-refractivity contribution in [3.63, 3.8) is 0 Å². The molecule has 29 heavy (non-hydrogen) atoms. The fraction of sp³-hybridized carbons (Fsp3) is 0.609. The molecule has 0 spiro atoms. The third-order valence-corrected chi connectivity index (χ3v) is 5.53. The van der Waals surface area contributed by atoms with Gasteiger partial charge >= 0.3 is 0 Å². The van der Waals surface area contributed by atoms with Gasteiger partial charge in [-0.25, -0.2) is 4.98 Å². The van der Waals surface area contributed by atoms with Gasteiger partial charge in [-0.05, 0) is 38.8 Å². The first-order chi connectivity index (χ1) is 13.6. The lowest BCUT2D eigenvalue weighted by Gasteiger charge is -2.34. The van der Waals surface area contributed by atoms with Crippen molar-refractivity contribution in [3.05, 3.63) is 30.1 Å². The van der Waals surface area contributed by atoms with E-state index in [0.717, 1.165) is 23.9 Å². The first kappa shape index (κ1) is 22.9. The van der Waals surface area contributed by atoms with Crippen molar-refractivity contribution < 1.29 is 9.59 Å². The summed E-state index contributed by atoms with van der Waals surface area (Å²) < 4.78 is 1.94. The van der Waals surface area contributed by atoms with E-state index in [9.17, 15) is 9.59 Å². The maximum atomic E-state index is 13.3.